The predicted molar refractivity (Wildman–Crippen MR) is 375 cm³/mol. The maximum absolute atomic E-state index is 15.4. The van der Waals surface area contributed by atoms with E-state index in [9.17, 15) is 55.5 Å². The van der Waals surface area contributed by atoms with E-state index in [2.05, 4.69) is 16.0 Å². The van der Waals surface area contributed by atoms with E-state index in [1.165, 1.54) is 71.0 Å². The second-order valence-corrected chi connectivity index (χ2v) is 30.8. The van der Waals surface area contributed by atoms with Crippen LogP contribution in [0.1, 0.15) is 155 Å². The second kappa shape index (κ2) is 37.1. The standard InChI is InChI=1S/C72H108ClF8N13O12/c1-15-42(4)58-68(105)87(9)43(5)62(99)94-32-30-52(94)67(104)90(12)54(35-44-21-17-16-18-22-44)66(103)86(8)38-56(95)82-49(28-26-45-25-27-47(48(73)34-45)72(79,80)81)63(100)89(11)51(29-31-93-39-70(74,75)40-93)60(97)83-50(37-71(76,77)78)64(101)92(14)59(46-23-19-20-24-46)69(106)91(13)55(65(102)85(6)7)36-57(96)88(10)53(33-41(2)3)61(98)84-58/h25,27,34,41-44,46,49-55,58-59H,15-24,26,28-33,35-40H2,1-14H3,(H,82,95)(H,83,97)(H,84,98)/t42-,43-,49-,50-,51-,52?,53-,54-,55-,58-,59-/m0/s1. The van der Waals surface area contributed by atoms with Crippen LogP contribution in [0.4, 0.5) is 35.1 Å². The lowest BCUT2D eigenvalue weighted by Gasteiger charge is -2.45. The number of benzene rings is 1. The van der Waals surface area contributed by atoms with Crippen molar-refractivity contribution in [2.75, 3.05) is 96.2 Å². The average Bonchev–Trinajstić information content (AvgIpc) is 0.783. The highest BCUT2D eigenvalue weighted by Gasteiger charge is 2.50. The van der Waals surface area contributed by atoms with Crippen LogP contribution in [-0.4, -0.2) is 289 Å². The van der Waals surface area contributed by atoms with Gasteiger partial charge in [-0.2, -0.15) is 26.3 Å². The number of fused-ring (bicyclic) bond motifs is 1. The third-order valence-corrected chi connectivity index (χ3v) is 22.2. The van der Waals surface area contributed by atoms with Crippen LogP contribution >= 0.6 is 11.6 Å². The van der Waals surface area contributed by atoms with E-state index in [0.717, 1.165) is 74.9 Å². The zero-order chi connectivity index (χ0) is 79.5. The first-order chi connectivity index (χ1) is 49.3. The van der Waals surface area contributed by atoms with Gasteiger partial charge in [0.1, 0.15) is 60.4 Å². The van der Waals surface area contributed by atoms with Crippen molar-refractivity contribution in [3.8, 4) is 0 Å². The summed E-state index contributed by atoms with van der Waals surface area (Å²) >= 11 is 6.10. The molecule has 3 saturated heterocycles. The van der Waals surface area contributed by atoms with E-state index < -0.39 is 224 Å². The molecule has 0 aromatic heterocycles. The Kier molecular flexibility index (Phi) is 30.6. The molecule has 1 unspecified atom stereocenters. The van der Waals surface area contributed by atoms with Crippen LogP contribution in [0, 0.1) is 23.7 Å². The molecule has 106 heavy (non-hydrogen) atoms. The molecule has 11 atom stereocenters. The lowest BCUT2D eigenvalue weighted by Crippen LogP contribution is -2.65. The molecular formula is C72H108ClF8N13O12. The Balaban J connectivity index is 1.49. The number of likely N-dealkylation sites (tertiary alicyclic amines) is 1. The fraction of sp³-hybridized carbons (Fsp3) is 0.750. The zero-order valence-electron chi connectivity index (χ0n) is 63.4. The van der Waals surface area contributed by atoms with Crippen molar-refractivity contribution in [3.63, 3.8) is 0 Å². The summed E-state index contributed by atoms with van der Waals surface area (Å²) in [6, 6.07) is -13.3. The number of hydrogen-bond donors (Lipinski definition) is 3. The number of carbonyl (C=O) groups is 12. The summed E-state index contributed by atoms with van der Waals surface area (Å²) in [5, 5.41) is 6.79. The molecule has 5 fully saturated rings. The summed E-state index contributed by atoms with van der Waals surface area (Å²) in [5.74, 6) is -16.2. The number of rotatable bonds is 15. The van der Waals surface area contributed by atoms with Crippen LogP contribution in [0.5, 0.6) is 0 Å². The van der Waals surface area contributed by atoms with Gasteiger partial charge in [-0.15, -0.1) is 0 Å². The van der Waals surface area contributed by atoms with Gasteiger partial charge in [0.05, 0.1) is 43.1 Å². The highest BCUT2D eigenvalue weighted by molar-refractivity contribution is 6.31. The van der Waals surface area contributed by atoms with Gasteiger partial charge in [0.25, 0.3) is 5.92 Å². The van der Waals surface area contributed by atoms with Gasteiger partial charge in [-0.3, -0.25) is 62.4 Å². The van der Waals surface area contributed by atoms with Crippen molar-refractivity contribution in [1.29, 1.82) is 0 Å². The number of alkyl halides is 8. The molecule has 3 N–H and O–H groups in total. The quantitative estimate of drug-likeness (QED) is 0.175. The molecule has 0 spiro atoms. The van der Waals surface area contributed by atoms with E-state index in [4.69, 9.17) is 11.6 Å². The van der Waals surface area contributed by atoms with Gasteiger partial charge in [-0.25, -0.2) is 8.78 Å². The van der Waals surface area contributed by atoms with Crippen LogP contribution in [0.25, 0.3) is 0 Å². The number of hydrogen-bond acceptors (Lipinski definition) is 13. The molecule has 5 aliphatic rings. The van der Waals surface area contributed by atoms with Crippen LogP contribution in [0.2, 0.25) is 5.02 Å². The molecule has 1 aromatic rings. The van der Waals surface area contributed by atoms with Gasteiger partial charge < -0.3 is 60.0 Å². The Bertz CT molecular complexity index is 3330. The van der Waals surface area contributed by atoms with Gasteiger partial charge in [-0.1, -0.05) is 96.7 Å². The van der Waals surface area contributed by atoms with Gasteiger partial charge in [0, 0.05) is 76.5 Å². The number of halogens is 9. The summed E-state index contributed by atoms with van der Waals surface area (Å²) in [7, 11) is 11.2. The number of amides is 12. The average molecular weight is 1540 g/mol. The maximum atomic E-state index is 15.4. The number of aryl methyl sites for hydroxylation is 1. The lowest BCUT2D eigenvalue weighted by molar-refractivity contribution is -0.161. The zero-order valence-corrected chi connectivity index (χ0v) is 64.1. The molecule has 0 radical (unpaired) electrons. The van der Waals surface area contributed by atoms with Gasteiger partial charge in [-0.05, 0) is 99.7 Å². The number of nitrogens with one attached hydrogen (secondary N) is 3. The second-order valence-electron chi connectivity index (χ2n) is 30.4. The van der Waals surface area contributed by atoms with E-state index in [1.54, 1.807) is 27.7 Å². The summed E-state index contributed by atoms with van der Waals surface area (Å²) in [5.41, 5.74) is -1.09. The third-order valence-electron chi connectivity index (χ3n) is 21.9. The minimum Gasteiger partial charge on any atom is -0.347 e. The number of carbonyl (C=O) groups excluding carboxylic acids is 12. The first kappa shape index (κ1) is 87.5. The molecule has 25 nitrogen and oxygen atoms in total. The summed E-state index contributed by atoms with van der Waals surface area (Å²) < 4.78 is 116. The minimum atomic E-state index is -5.25. The SMILES string of the molecule is CC[C@H](C)[C@@H]1NC(=O)[C@H](CC(C)C)N(C)C(=O)C[C@@H](C(=O)N(C)C)N(C)C(=O)[C@H](C2CCCC2)N(C)C(=O)[C@H](CC(F)(F)F)NC(=O)[C@H](CCN2CC(F)(F)C2)N(C)C(=O)[C@H](CCc2ccc(C(F)(F)F)c(Cl)c2)NC(=O)CN(C)C(=O)[C@H](CC2CCCCC2)N(C)C(=O)C2CCN2C(=O)[C@H](C)N(C)C1=O. The highest BCUT2D eigenvalue weighted by atomic mass is 35.5. The molecule has 6 rings (SSSR count). The van der Waals surface area contributed by atoms with E-state index in [-0.39, 0.29) is 62.5 Å². The Labute approximate surface area is 620 Å². The van der Waals surface area contributed by atoms with Crippen molar-refractivity contribution in [3.05, 3.63) is 34.3 Å². The number of likely N-dealkylation sites (N-methyl/N-ethyl adjacent to an activating group) is 8. The molecule has 12 amide bonds. The molecule has 596 valence electrons. The first-order valence-corrected chi connectivity index (χ1v) is 37.0. The van der Waals surface area contributed by atoms with Crippen molar-refractivity contribution in [2.24, 2.45) is 23.7 Å². The number of nitrogens with zero attached hydrogens (tertiary/aromatic N) is 10. The van der Waals surface area contributed by atoms with E-state index >= 15 is 37.1 Å². The van der Waals surface area contributed by atoms with Crippen molar-refractivity contribution >= 4 is 82.5 Å². The van der Waals surface area contributed by atoms with Crippen LogP contribution in [-0.2, 0) is 70.1 Å². The molecule has 3 aliphatic heterocycles. The summed E-state index contributed by atoms with van der Waals surface area (Å²) in [6.45, 7) is 5.68. The fourth-order valence-corrected chi connectivity index (χ4v) is 15.2. The molecule has 1 aromatic carbocycles. The first-order valence-electron chi connectivity index (χ1n) is 36.6. The van der Waals surface area contributed by atoms with Crippen molar-refractivity contribution in [2.45, 2.75) is 229 Å². The minimum absolute atomic E-state index is 0.00107. The maximum Gasteiger partial charge on any atom is 0.417 e. The Morgan fingerprint density at radius 2 is 1.24 bits per heavy atom. The van der Waals surface area contributed by atoms with E-state index in [0.29, 0.717) is 43.1 Å². The molecule has 3 heterocycles. The van der Waals surface area contributed by atoms with Crippen molar-refractivity contribution < 1.29 is 92.7 Å². The lowest BCUT2D eigenvalue weighted by atomic mass is 9.84. The van der Waals surface area contributed by atoms with Gasteiger partial charge in [0.15, 0.2) is 0 Å². The Morgan fingerprint density at radius 1 is 0.651 bits per heavy atom. The van der Waals surface area contributed by atoms with Crippen LogP contribution < -0.4 is 16.0 Å². The normalized spacial score (nSPS) is 27.5. The van der Waals surface area contributed by atoms with Crippen LogP contribution in [0.3, 0.4) is 0 Å². The molecule has 34 heteroatoms. The molecular weight excluding hydrogens is 1430 g/mol. The fourth-order valence-electron chi connectivity index (χ4n) is 14.9. The predicted octanol–water partition coefficient (Wildman–Crippen LogP) is 5.83. The van der Waals surface area contributed by atoms with Gasteiger partial charge in [0.2, 0.25) is 70.9 Å². The van der Waals surface area contributed by atoms with Gasteiger partial charge >= 0.3 is 12.4 Å². The Morgan fingerprint density at radius 3 is 1.77 bits per heavy atom. The topological polar surface area (TPSA) is 273 Å². The highest BCUT2D eigenvalue weighted by Crippen LogP contribution is 2.38. The summed E-state index contributed by atoms with van der Waals surface area (Å²) in [6.07, 6.45) is -8.44. The monoisotopic (exact) mass is 1530 g/mol. The van der Waals surface area contributed by atoms with Crippen LogP contribution in [0.15, 0.2) is 18.2 Å². The Hall–Kier alpha value is -7.45. The van der Waals surface area contributed by atoms with E-state index in [1.807, 2.05) is 0 Å². The third kappa shape index (κ3) is 22.4. The molecule has 2 saturated carbocycles. The molecule has 0 bridgehead atoms. The smallest absolute Gasteiger partial charge is 0.347 e. The molecule has 2 aliphatic carbocycles. The largest absolute Gasteiger partial charge is 0.417 e. The summed E-state index contributed by atoms with van der Waals surface area (Å²) in [4.78, 5) is 189. The van der Waals surface area contributed by atoms with Crippen molar-refractivity contribution in [1.82, 2.24) is 64.9 Å².